The highest BCUT2D eigenvalue weighted by molar-refractivity contribution is 8.23. The van der Waals surface area contributed by atoms with Crippen molar-refractivity contribution in [3.63, 3.8) is 0 Å². The Hall–Kier alpha value is -1.47. The van der Waals surface area contributed by atoms with Crippen LogP contribution in [-0.4, -0.2) is 33.3 Å². The first-order valence-electron chi connectivity index (χ1n) is 7.00. The first-order valence-corrected chi connectivity index (χ1v) is 8.40. The van der Waals surface area contributed by atoms with E-state index < -0.39 is 0 Å². The van der Waals surface area contributed by atoms with Gasteiger partial charge in [0.15, 0.2) is 0 Å². The number of unbranched alkanes of at least 4 members (excludes halogenated alkanes) is 1. The minimum atomic E-state index is -0.320. The Morgan fingerprint density at radius 2 is 2.23 bits per heavy atom. The molecular formula is C15H17FN2O2S2. The number of halogens is 1. The molecule has 0 spiro atoms. The molecule has 1 aliphatic heterocycles. The Morgan fingerprint density at radius 3 is 2.86 bits per heavy atom. The molecule has 0 unspecified atom stereocenters. The lowest BCUT2D eigenvalue weighted by molar-refractivity contribution is -0.124. The molecule has 1 aromatic rings. The molecule has 1 heterocycles. The van der Waals surface area contributed by atoms with Crippen LogP contribution in [0.15, 0.2) is 18.2 Å². The summed E-state index contributed by atoms with van der Waals surface area (Å²) in [4.78, 5) is 25.0. The van der Waals surface area contributed by atoms with Gasteiger partial charge in [0.25, 0.3) is 0 Å². The predicted molar refractivity (Wildman–Crippen MR) is 90.4 cm³/mol. The van der Waals surface area contributed by atoms with Crippen LogP contribution >= 0.6 is 24.0 Å². The number of thioether (sulfide) groups is 1. The van der Waals surface area contributed by atoms with E-state index in [-0.39, 0.29) is 17.6 Å². The number of thiocarbonyl (C=S) groups is 1. The van der Waals surface area contributed by atoms with Gasteiger partial charge in [0.1, 0.15) is 10.1 Å². The molecule has 1 aliphatic rings. The van der Waals surface area contributed by atoms with E-state index in [2.05, 4.69) is 5.32 Å². The van der Waals surface area contributed by atoms with Crippen molar-refractivity contribution in [1.29, 1.82) is 0 Å². The first-order chi connectivity index (χ1) is 10.5. The second kappa shape index (κ2) is 7.69. The molecule has 0 atom stereocenters. The number of carbonyl (C=O) groups is 2. The van der Waals surface area contributed by atoms with Crippen LogP contribution in [0.25, 0.3) is 0 Å². The van der Waals surface area contributed by atoms with Crippen LogP contribution < -0.4 is 5.32 Å². The molecule has 4 nitrogen and oxygen atoms in total. The quantitative estimate of drug-likeness (QED) is 0.639. The molecule has 1 saturated heterocycles. The zero-order chi connectivity index (χ0) is 16.1. The van der Waals surface area contributed by atoms with Crippen LogP contribution in [-0.2, 0) is 9.59 Å². The minimum absolute atomic E-state index is 0.0430. The summed E-state index contributed by atoms with van der Waals surface area (Å²) >= 11 is 6.47. The third kappa shape index (κ3) is 4.51. The van der Waals surface area contributed by atoms with Gasteiger partial charge in [-0.3, -0.25) is 14.5 Å². The maximum absolute atomic E-state index is 13.0. The van der Waals surface area contributed by atoms with Crippen molar-refractivity contribution in [2.45, 2.75) is 26.2 Å². The molecular weight excluding hydrogens is 323 g/mol. The summed E-state index contributed by atoms with van der Waals surface area (Å²) in [7, 11) is 0. The fourth-order valence-corrected chi connectivity index (χ4v) is 3.25. The Bertz CT molecular complexity index is 591. The Balaban J connectivity index is 1.72. The SMILES string of the molecule is Cc1cc(F)ccc1NC(=O)CCCCN1C(=O)CSC1=S. The average Bonchev–Trinajstić information content (AvgIpc) is 2.78. The van der Waals surface area contributed by atoms with Crippen LogP contribution in [0, 0.1) is 12.7 Å². The lowest BCUT2D eigenvalue weighted by Gasteiger charge is -2.14. The molecule has 0 radical (unpaired) electrons. The molecule has 1 aromatic carbocycles. The fraction of sp³-hybridized carbons (Fsp3) is 0.400. The molecule has 0 aromatic heterocycles. The molecule has 2 amide bonds. The van der Waals surface area contributed by atoms with Crippen molar-refractivity contribution >= 4 is 45.8 Å². The average molecular weight is 340 g/mol. The molecule has 22 heavy (non-hydrogen) atoms. The molecule has 2 rings (SSSR count). The largest absolute Gasteiger partial charge is 0.326 e. The summed E-state index contributed by atoms with van der Waals surface area (Å²) in [5.41, 5.74) is 1.32. The smallest absolute Gasteiger partial charge is 0.238 e. The fourth-order valence-electron chi connectivity index (χ4n) is 2.13. The van der Waals surface area contributed by atoms with E-state index in [1.807, 2.05) is 0 Å². The van der Waals surface area contributed by atoms with E-state index in [9.17, 15) is 14.0 Å². The monoisotopic (exact) mass is 340 g/mol. The summed E-state index contributed by atoms with van der Waals surface area (Å²) in [6, 6.07) is 4.26. The number of nitrogens with zero attached hydrogens (tertiary/aromatic N) is 1. The van der Waals surface area contributed by atoms with Gasteiger partial charge in [-0.1, -0.05) is 24.0 Å². The van der Waals surface area contributed by atoms with Gasteiger partial charge in [-0.25, -0.2) is 4.39 Å². The highest BCUT2D eigenvalue weighted by Crippen LogP contribution is 2.20. The molecule has 7 heteroatoms. The van der Waals surface area contributed by atoms with Crippen molar-refractivity contribution < 1.29 is 14.0 Å². The van der Waals surface area contributed by atoms with Crippen molar-refractivity contribution in [3.8, 4) is 0 Å². The van der Waals surface area contributed by atoms with E-state index >= 15 is 0 Å². The zero-order valence-electron chi connectivity index (χ0n) is 12.2. The molecule has 1 N–H and O–H groups in total. The number of amides is 2. The van der Waals surface area contributed by atoms with Crippen LogP contribution in [0.3, 0.4) is 0 Å². The second-order valence-corrected chi connectivity index (χ2v) is 6.67. The summed E-state index contributed by atoms with van der Waals surface area (Å²) < 4.78 is 13.6. The standard InChI is InChI=1S/C15H17FN2O2S2/c1-10-8-11(16)5-6-12(10)17-13(19)4-2-3-7-18-14(20)9-22-15(18)21/h5-6,8H,2-4,7,9H2,1H3,(H,17,19). The third-order valence-electron chi connectivity index (χ3n) is 3.34. The molecule has 0 aliphatic carbocycles. The van der Waals surface area contributed by atoms with E-state index in [1.54, 1.807) is 17.9 Å². The van der Waals surface area contributed by atoms with Gasteiger partial charge >= 0.3 is 0 Å². The lowest BCUT2D eigenvalue weighted by atomic mass is 10.1. The van der Waals surface area contributed by atoms with Gasteiger partial charge in [0, 0.05) is 18.7 Å². The summed E-state index contributed by atoms with van der Waals surface area (Å²) in [5.74, 6) is 0.0313. The Labute approximate surface area is 138 Å². The molecule has 1 fully saturated rings. The number of carbonyl (C=O) groups excluding carboxylic acids is 2. The predicted octanol–water partition coefficient (Wildman–Crippen LogP) is 3.10. The Morgan fingerprint density at radius 1 is 1.45 bits per heavy atom. The molecule has 0 saturated carbocycles. The number of rotatable bonds is 6. The van der Waals surface area contributed by atoms with Crippen LogP contribution in [0.5, 0.6) is 0 Å². The Kier molecular flexibility index (Phi) is 5.90. The maximum atomic E-state index is 13.0. The van der Waals surface area contributed by atoms with Gasteiger partial charge in [-0.2, -0.15) is 0 Å². The van der Waals surface area contributed by atoms with E-state index in [4.69, 9.17) is 12.2 Å². The minimum Gasteiger partial charge on any atom is -0.326 e. The van der Waals surface area contributed by atoms with E-state index in [0.29, 0.717) is 40.7 Å². The number of benzene rings is 1. The maximum Gasteiger partial charge on any atom is 0.238 e. The zero-order valence-corrected chi connectivity index (χ0v) is 13.9. The van der Waals surface area contributed by atoms with Crippen molar-refractivity contribution in [2.75, 3.05) is 17.6 Å². The van der Waals surface area contributed by atoms with Crippen LogP contribution in [0.2, 0.25) is 0 Å². The topological polar surface area (TPSA) is 49.4 Å². The molecule has 0 bridgehead atoms. The van der Waals surface area contributed by atoms with Crippen molar-refractivity contribution in [3.05, 3.63) is 29.6 Å². The number of hydrogen-bond acceptors (Lipinski definition) is 4. The van der Waals surface area contributed by atoms with Gasteiger partial charge < -0.3 is 5.32 Å². The van der Waals surface area contributed by atoms with Gasteiger partial charge in [-0.15, -0.1) is 0 Å². The molecule has 118 valence electrons. The first kappa shape index (κ1) is 16.9. The van der Waals surface area contributed by atoms with E-state index in [1.165, 1.54) is 23.9 Å². The highest BCUT2D eigenvalue weighted by Gasteiger charge is 2.25. The van der Waals surface area contributed by atoms with Crippen LogP contribution in [0.4, 0.5) is 10.1 Å². The number of hydrogen-bond donors (Lipinski definition) is 1. The summed E-state index contributed by atoms with van der Waals surface area (Å²) in [6.07, 6.45) is 1.75. The summed E-state index contributed by atoms with van der Waals surface area (Å²) in [6.45, 7) is 2.31. The lowest BCUT2D eigenvalue weighted by Crippen LogP contribution is -2.29. The van der Waals surface area contributed by atoms with Crippen molar-refractivity contribution in [1.82, 2.24) is 4.90 Å². The number of anilines is 1. The normalized spacial score (nSPS) is 14.5. The summed E-state index contributed by atoms with van der Waals surface area (Å²) in [5, 5.41) is 2.77. The van der Waals surface area contributed by atoms with Gasteiger partial charge in [0.2, 0.25) is 11.8 Å². The third-order valence-corrected chi connectivity index (χ3v) is 4.77. The van der Waals surface area contributed by atoms with Gasteiger partial charge in [-0.05, 0) is 43.5 Å². The number of nitrogens with one attached hydrogen (secondary N) is 1. The van der Waals surface area contributed by atoms with Gasteiger partial charge in [0.05, 0.1) is 5.75 Å². The second-order valence-electron chi connectivity index (χ2n) is 5.06. The van der Waals surface area contributed by atoms with Crippen molar-refractivity contribution in [2.24, 2.45) is 0 Å². The number of aryl methyl sites for hydroxylation is 1. The highest BCUT2D eigenvalue weighted by atomic mass is 32.2. The van der Waals surface area contributed by atoms with Crippen LogP contribution in [0.1, 0.15) is 24.8 Å². The van der Waals surface area contributed by atoms with E-state index in [0.717, 1.165) is 6.42 Å².